The van der Waals surface area contributed by atoms with Crippen molar-refractivity contribution >= 4 is 5.96 Å². The number of hydrogen-bond acceptors (Lipinski definition) is 3. The summed E-state index contributed by atoms with van der Waals surface area (Å²) in [6, 6.07) is 10.0. The number of aliphatic hydroxyl groups excluding tert-OH is 1. The van der Waals surface area contributed by atoms with Gasteiger partial charge in [0.2, 0.25) is 0 Å². The summed E-state index contributed by atoms with van der Waals surface area (Å²) in [5.74, 6) is 1.40. The van der Waals surface area contributed by atoms with Crippen molar-refractivity contribution in [3.05, 3.63) is 35.9 Å². The average molecular weight is 335 g/mol. The number of nitrogens with one attached hydrogen (secondary N) is 2. The molecule has 5 nitrogen and oxygen atoms in total. The largest absolute Gasteiger partial charge is 0.389 e. The molecule has 0 aliphatic carbocycles. The number of aliphatic hydroxyl groups is 1. The van der Waals surface area contributed by atoms with Crippen molar-refractivity contribution in [1.82, 2.24) is 10.6 Å². The average Bonchev–Trinajstić information content (AvgIpc) is 2.58. The zero-order chi connectivity index (χ0) is 17.8. The third kappa shape index (κ3) is 8.89. The highest BCUT2D eigenvalue weighted by Gasteiger charge is 2.10. The van der Waals surface area contributed by atoms with Crippen LogP contribution in [-0.4, -0.2) is 43.4 Å². The Hall–Kier alpha value is -1.59. The molecule has 5 heteroatoms. The van der Waals surface area contributed by atoms with Crippen molar-refractivity contribution < 1.29 is 9.84 Å². The molecule has 0 aromatic heterocycles. The standard InChI is InChI=1S/C19H33N3O2/c1-5-20-19(21-12-11-15(2)3)22-13-18(23)14-24-16(4)17-9-7-6-8-10-17/h6-10,15-16,18,23H,5,11-14H2,1-4H3,(H2,20,21,22). The summed E-state index contributed by atoms with van der Waals surface area (Å²) >= 11 is 0. The molecule has 0 radical (unpaired) electrons. The van der Waals surface area contributed by atoms with Crippen LogP contribution in [-0.2, 0) is 4.74 Å². The van der Waals surface area contributed by atoms with Gasteiger partial charge in [0.15, 0.2) is 5.96 Å². The van der Waals surface area contributed by atoms with E-state index in [1.54, 1.807) is 0 Å². The quantitative estimate of drug-likeness (QED) is 0.454. The van der Waals surface area contributed by atoms with Crippen LogP contribution in [0.15, 0.2) is 35.3 Å². The van der Waals surface area contributed by atoms with Gasteiger partial charge in [-0.1, -0.05) is 44.2 Å². The number of aliphatic imine (C=N–C) groups is 1. The van der Waals surface area contributed by atoms with Crippen molar-refractivity contribution in [2.45, 2.75) is 46.3 Å². The first-order valence-electron chi connectivity index (χ1n) is 8.89. The van der Waals surface area contributed by atoms with Crippen molar-refractivity contribution in [1.29, 1.82) is 0 Å². The second-order valence-electron chi connectivity index (χ2n) is 6.37. The summed E-state index contributed by atoms with van der Waals surface area (Å²) in [6.07, 6.45) is 0.434. The Labute approximate surface area is 146 Å². The summed E-state index contributed by atoms with van der Waals surface area (Å²) < 4.78 is 5.73. The number of benzene rings is 1. The topological polar surface area (TPSA) is 65.9 Å². The van der Waals surface area contributed by atoms with Gasteiger partial charge in [-0.15, -0.1) is 0 Å². The summed E-state index contributed by atoms with van der Waals surface area (Å²) in [4.78, 5) is 4.43. The van der Waals surface area contributed by atoms with Gasteiger partial charge in [-0.05, 0) is 31.7 Å². The van der Waals surface area contributed by atoms with Crippen LogP contribution in [0.25, 0.3) is 0 Å². The molecule has 1 aromatic carbocycles. The fraction of sp³-hybridized carbons (Fsp3) is 0.632. The van der Waals surface area contributed by atoms with Crippen LogP contribution in [0.4, 0.5) is 0 Å². The molecule has 0 bridgehead atoms. The lowest BCUT2D eigenvalue weighted by Crippen LogP contribution is -2.39. The zero-order valence-electron chi connectivity index (χ0n) is 15.5. The van der Waals surface area contributed by atoms with Gasteiger partial charge in [-0.25, -0.2) is 0 Å². The van der Waals surface area contributed by atoms with Crippen molar-refractivity contribution in [3.63, 3.8) is 0 Å². The van der Waals surface area contributed by atoms with Crippen LogP contribution in [0.3, 0.4) is 0 Å². The van der Waals surface area contributed by atoms with Gasteiger partial charge in [0.25, 0.3) is 0 Å². The minimum atomic E-state index is -0.614. The molecule has 1 aromatic rings. The van der Waals surface area contributed by atoms with E-state index in [9.17, 15) is 5.11 Å². The summed E-state index contributed by atoms with van der Waals surface area (Å²) in [5, 5.41) is 16.6. The van der Waals surface area contributed by atoms with Gasteiger partial charge in [0, 0.05) is 13.1 Å². The molecule has 2 unspecified atom stereocenters. The van der Waals surface area contributed by atoms with E-state index < -0.39 is 6.10 Å². The Kier molecular flexibility index (Phi) is 10.1. The SMILES string of the molecule is CCNC(=NCC(O)COC(C)c1ccccc1)NCCC(C)C. The normalized spacial score (nSPS) is 14.5. The third-order valence-corrected chi connectivity index (χ3v) is 3.63. The Balaban J connectivity index is 2.36. The Bertz CT molecular complexity index is 463. The predicted molar refractivity (Wildman–Crippen MR) is 100 cm³/mol. The zero-order valence-corrected chi connectivity index (χ0v) is 15.5. The molecule has 0 saturated heterocycles. The fourth-order valence-electron chi connectivity index (χ4n) is 2.15. The van der Waals surface area contributed by atoms with Gasteiger partial charge in [-0.2, -0.15) is 0 Å². The van der Waals surface area contributed by atoms with Crippen LogP contribution in [0.1, 0.15) is 45.8 Å². The first-order valence-corrected chi connectivity index (χ1v) is 8.89. The maximum absolute atomic E-state index is 10.1. The van der Waals surface area contributed by atoms with Gasteiger partial charge in [0.1, 0.15) is 0 Å². The molecule has 0 amide bonds. The van der Waals surface area contributed by atoms with Gasteiger partial charge in [0.05, 0.1) is 25.4 Å². The summed E-state index contributed by atoms with van der Waals surface area (Å²) in [5.41, 5.74) is 1.11. The predicted octanol–water partition coefficient (Wildman–Crippen LogP) is 2.73. The van der Waals surface area contributed by atoms with Crippen molar-refractivity contribution in [3.8, 4) is 0 Å². The van der Waals surface area contributed by atoms with E-state index in [2.05, 4.69) is 29.5 Å². The molecule has 2 atom stereocenters. The van der Waals surface area contributed by atoms with Crippen LogP contribution < -0.4 is 10.6 Å². The second kappa shape index (κ2) is 11.9. The maximum Gasteiger partial charge on any atom is 0.191 e. The minimum absolute atomic E-state index is 0.0396. The highest BCUT2D eigenvalue weighted by molar-refractivity contribution is 5.79. The number of guanidine groups is 1. The van der Waals surface area contributed by atoms with Crippen LogP contribution in [0, 0.1) is 5.92 Å². The molecule has 0 aliphatic rings. The monoisotopic (exact) mass is 335 g/mol. The Morgan fingerprint density at radius 2 is 1.88 bits per heavy atom. The number of rotatable bonds is 10. The highest BCUT2D eigenvalue weighted by atomic mass is 16.5. The summed E-state index contributed by atoms with van der Waals surface area (Å²) in [6.45, 7) is 10.7. The van der Waals surface area contributed by atoms with E-state index in [0.717, 1.165) is 31.0 Å². The molecule has 0 saturated carbocycles. The molecule has 0 aliphatic heterocycles. The van der Waals surface area contributed by atoms with E-state index in [1.165, 1.54) is 0 Å². The first kappa shape index (κ1) is 20.5. The molecule has 1 rings (SSSR count). The molecule has 24 heavy (non-hydrogen) atoms. The summed E-state index contributed by atoms with van der Waals surface area (Å²) in [7, 11) is 0. The first-order chi connectivity index (χ1) is 11.5. The van der Waals surface area contributed by atoms with Crippen LogP contribution in [0.5, 0.6) is 0 Å². The smallest absolute Gasteiger partial charge is 0.191 e. The number of ether oxygens (including phenoxy) is 1. The Morgan fingerprint density at radius 3 is 2.50 bits per heavy atom. The van der Waals surface area contributed by atoms with Gasteiger partial charge < -0.3 is 20.5 Å². The number of hydrogen-bond donors (Lipinski definition) is 3. The minimum Gasteiger partial charge on any atom is -0.389 e. The molecule has 3 N–H and O–H groups in total. The van der Waals surface area contributed by atoms with Gasteiger partial charge in [-0.3, -0.25) is 4.99 Å². The molecule has 0 heterocycles. The molecule has 0 spiro atoms. The van der Waals surface area contributed by atoms with Crippen molar-refractivity contribution in [2.24, 2.45) is 10.9 Å². The van der Waals surface area contributed by atoms with Crippen molar-refractivity contribution in [2.75, 3.05) is 26.2 Å². The molecule has 0 fully saturated rings. The lowest BCUT2D eigenvalue weighted by atomic mass is 10.1. The lowest BCUT2D eigenvalue weighted by molar-refractivity contribution is 0.00111. The van der Waals surface area contributed by atoms with E-state index in [0.29, 0.717) is 12.5 Å². The highest BCUT2D eigenvalue weighted by Crippen LogP contribution is 2.15. The third-order valence-electron chi connectivity index (χ3n) is 3.63. The Morgan fingerprint density at radius 1 is 1.17 bits per heavy atom. The second-order valence-corrected chi connectivity index (χ2v) is 6.37. The maximum atomic E-state index is 10.1. The van der Waals surface area contributed by atoms with E-state index >= 15 is 0 Å². The van der Waals surface area contributed by atoms with Crippen LogP contribution >= 0.6 is 0 Å². The van der Waals surface area contributed by atoms with E-state index in [1.807, 2.05) is 44.2 Å². The fourth-order valence-corrected chi connectivity index (χ4v) is 2.15. The van der Waals surface area contributed by atoms with E-state index in [4.69, 9.17) is 4.74 Å². The van der Waals surface area contributed by atoms with Crippen LogP contribution in [0.2, 0.25) is 0 Å². The lowest BCUT2D eigenvalue weighted by Gasteiger charge is -2.17. The van der Waals surface area contributed by atoms with E-state index in [-0.39, 0.29) is 12.7 Å². The number of nitrogens with zero attached hydrogens (tertiary/aromatic N) is 1. The molecular formula is C19H33N3O2. The van der Waals surface area contributed by atoms with Gasteiger partial charge >= 0.3 is 0 Å². The molecular weight excluding hydrogens is 302 g/mol. The molecule has 136 valence electrons.